The molecule has 2 fully saturated rings. The maximum Gasteiger partial charge on any atom is 0.246 e. The third-order valence-electron chi connectivity index (χ3n) is 14.2. The molecule has 74 heavy (non-hydrogen) atoms. The fourth-order valence-electron chi connectivity index (χ4n) is 10.3. The van der Waals surface area contributed by atoms with Crippen LogP contribution in [0.4, 0.5) is 5.69 Å². The number of β-amino-alcohol motifs (C(OH)–C–C–N with tert-alkyl or cyclic N) is 1. The smallest absolute Gasteiger partial charge is 0.246 e. The average molecular weight is 1050 g/mol. The van der Waals surface area contributed by atoms with Gasteiger partial charge in [0.15, 0.2) is 0 Å². The summed E-state index contributed by atoms with van der Waals surface area (Å²) < 4.78 is 42.8. The zero-order valence-electron chi connectivity index (χ0n) is 42.8. The number of hydrogen-bond donors (Lipinski definition) is 5. The number of fused-ring (bicyclic) bond motifs is 2. The lowest BCUT2D eigenvalue weighted by Crippen LogP contribution is -2.57. The normalized spacial score (nSPS) is 19.9. The van der Waals surface area contributed by atoms with E-state index in [2.05, 4.69) is 15.6 Å². The minimum absolute atomic E-state index is 0.0116. The fourth-order valence-corrected chi connectivity index (χ4v) is 13.2. The molecule has 0 radical (unpaired) electrons. The Morgan fingerprint density at radius 3 is 2.05 bits per heavy atom. The molecule has 0 saturated carbocycles. The molecule has 4 heterocycles. The van der Waals surface area contributed by atoms with E-state index in [0.29, 0.717) is 24.5 Å². The van der Waals surface area contributed by atoms with Crippen molar-refractivity contribution in [2.24, 2.45) is 5.41 Å². The van der Waals surface area contributed by atoms with Gasteiger partial charge in [-0.2, -0.15) is 0 Å². The van der Waals surface area contributed by atoms with Crippen LogP contribution in [0.25, 0.3) is 21.6 Å². The highest BCUT2D eigenvalue weighted by Crippen LogP contribution is 2.51. The third kappa shape index (κ3) is 12.5. The monoisotopic (exact) mass is 1050 g/mol. The number of phenolic OH excluding ortho intramolecular Hbond substituents is 2. The molecule has 2 saturated heterocycles. The van der Waals surface area contributed by atoms with Crippen LogP contribution in [0.3, 0.4) is 0 Å². The minimum atomic E-state index is -3.90. The highest BCUT2D eigenvalue weighted by Gasteiger charge is 2.54. The number of aromatic hydroxyl groups is 2. The van der Waals surface area contributed by atoms with Crippen LogP contribution in [0.2, 0.25) is 0 Å². The van der Waals surface area contributed by atoms with Gasteiger partial charge in [-0.15, -0.1) is 11.3 Å². The number of aliphatic hydroxyl groups excluding tert-OH is 1. The Hall–Kier alpha value is -6.27. The Bertz CT molecular complexity index is 2880. The van der Waals surface area contributed by atoms with Gasteiger partial charge in [-0.25, -0.2) is 13.4 Å². The Balaban J connectivity index is 0.752. The number of aryl methyl sites for hydroxylation is 1. The number of aromatic nitrogens is 1. The average Bonchev–Trinajstić information content (AvgIpc) is 4.19. The minimum Gasteiger partial charge on any atom is -0.508 e. The summed E-state index contributed by atoms with van der Waals surface area (Å²) in [7, 11) is -3.90. The highest BCUT2D eigenvalue weighted by molar-refractivity contribution is 7.93. The van der Waals surface area contributed by atoms with E-state index in [1.54, 1.807) is 84.1 Å². The number of carbonyl (C=O) groups is 3. The van der Waals surface area contributed by atoms with Crippen LogP contribution in [0.15, 0.2) is 103 Å². The predicted octanol–water partition coefficient (Wildman–Crippen LogP) is 8.76. The quantitative estimate of drug-likeness (QED) is 0.0414. The Morgan fingerprint density at radius 2 is 1.45 bits per heavy atom. The molecule has 0 spiro atoms. The summed E-state index contributed by atoms with van der Waals surface area (Å²) in [6, 6.07) is 26.8. The van der Waals surface area contributed by atoms with Gasteiger partial charge in [-0.3, -0.25) is 18.7 Å². The van der Waals surface area contributed by atoms with E-state index < -0.39 is 51.1 Å². The molecule has 5 N–H and O–H groups in total. The topological polar surface area (TPSA) is 208 Å². The van der Waals surface area contributed by atoms with Crippen LogP contribution in [0.5, 0.6) is 17.2 Å². The first-order chi connectivity index (χ1) is 35.4. The van der Waals surface area contributed by atoms with Crippen molar-refractivity contribution < 1.29 is 47.6 Å². The summed E-state index contributed by atoms with van der Waals surface area (Å²) in [5.74, 6) is -0.0899. The van der Waals surface area contributed by atoms with Crippen molar-refractivity contribution in [3.63, 3.8) is 0 Å². The number of unbranched alkanes of at least 4 members (excludes halogenated alkanes) is 5. The Labute approximate surface area is 438 Å². The Morgan fingerprint density at radius 1 is 0.838 bits per heavy atom. The van der Waals surface area contributed by atoms with Crippen LogP contribution in [0, 0.1) is 12.3 Å². The van der Waals surface area contributed by atoms with Gasteiger partial charge in [0.1, 0.15) is 40.7 Å². The van der Waals surface area contributed by atoms with E-state index in [1.165, 1.54) is 9.21 Å². The van der Waals surface area contributed by atoms with Crippen LogP contribution >= 0.6 is 11.3 Å². The number of phenols is 2. The van der Waals surface area contributed by atoms with Gasteiger partial charge in [0.05, 0.1) is 40.6 Å². The van der Waals surface area contributed by atoms with Gasteiger partial charge >= 0.3 is 0 Å². The standard InChI is InChI=1S/C57H69N5O10S2/c1-6-62(74(69,70)48-32-47-50(38-18-24-42(63)25-19-38)51(52(48)72-47)39-20-26-43(64)27-21-39)41-22-28-45(29-23-41)71-30-12-10-8-7-9-11-13-49(66)60-54(57(3,4)5)56(68)61-34-44(65)31-46(61)55(67)58-33-37-14-16-40(17-15-37)53-36(2)59-35-73-53/h14-29,35,44,46-48,52,54,63-65H,6-13,30-34H2,1-5H3,(H,58,67)(H,60,66)/t44-,46+,47-,48?,52+,54-/m1/s1. The number of nitrogens with zero attached hydrogens (tertiary/aromatic N) is 3. The van der Waals surface area contributed by atoms with Crippen molar-refractivity contribution in [2.45, 2.75) is 135 Å². The number of amides is 3. The molecule has 8 rings (SSSR count). The SMILES string of the molecule is CCN(c1ccc(OCCCCCCCCC(=O)N[C@H](C(=O)N2C[C@H](O)C[C@H]2C(=O)NCc2ccc(-c3scnc3C)cc2)C(C)(C)C)cc1)S(=O)(=O)C1C[C@H]2O[C@@H]1C(c1ccc(O)cc1)=C2c1ccc(O)cc1. The second-order valence-electron chi connectivity index (χ2n) is 20.6. The molecule has 3 aliphatic heterocycles. The molecule has 17 heteroatoms. The number of carbonyl (C=O) groups excluding carboxylic acids is 3. The molecule has 3 aliphatic rings. The van der Waals surface area contributed by atoms with Crippen LogP contribution < -0.4 is 19.7 Å². The number of benzene rings is 4. The van der Waals surface area contributed by atoms with Crippen molar-refractivity contribution in [1.82, 2.24) is 20.5 Å². The first kappa shape index (κ1) is 54.0. The van der Waals surface area contributed by atoms with E-state index in [0.717, 1.165) is 76.1 Å². The number of aliphatic hydroxyl groups is 1. The van der Waals surface area contributed by atoms with E-state index in [4.69, 9.17) is 9.47 Å². The summed E-state index contributed by atoms with van der Waals surface area (Å²) in [5, 5.41) is 35.6. The number of thiazole rings is 1. The number of sulfonamides is 1. The summed E-state index contributed by atoms with van der Waals surface area (Å²) in [6.45, 7) is 10.4. The van der Waals surface area contributed by atoms with E-state index in [1.807, 2.05) is 64.4 Å². The lowest BCUT2D eigenvalue weighted by atomic mass is 9.83. The number of nitrogens with one attached hydrogen (secondary N) is 2. The van der Waals surface area contributed by atoms with Crippen molar-refractivity contribution in [3.05, 3.63) is 125 Å². The zero-order chi connectivity index (χ0) is 52.7. The summed E-state index contributed by atoms with van der Waals surface area (Å²) in [5.41, 5.74) is 7.88. The molecule has 394 valence electrons. The maximum atomic E-state index is 14.5. The van der Waals surface area contributed by atoms with Gasteiger partial charge in [-0.1, -0.05) is 95.0 Å². The number of rotatable bonds is 22. The van der Waals surface area contributed by atoms with Crippen LogP contribution in [-0.2, 0) is 35.7 Å². The molecule has 5 aromatic rings. The van der Waals surface area contributed by atoms with Gasteiger partial charge in [-0.05, 0) is 120 Å². The molecule has 3 amide bonds. The number of ether oxygens (including phenoxy) is 2. The van der Waals surface area contributed by atoms with Gasteiger partial charge < -0.3 is 40.3 Å². The molecule has 1 unspecified atom stereocenters. The van der Waals surface area contributed by atoms with E-state index in [9.17, 15) is 38.1 Å². The van der Waals surface area contributed by atoms with E-state index >= 15 is 0 Å². The molecule has 1 aromatic heterocycles. The molecular weight excluding hydrogens is 979 g/mol. The Kier molecular flexibility index (Phi) is 17.2. The number of hydrogen-bond acceptors (Lipinski definition) is 12. The second kappa shape index (κ2) is 23.5. The molecule has 0 aliphatic carbocycles. The first-order valence-electron chi connectivity index (χ1n) is 25.7. The first-order valence-corrected chi connectivity index (χ1v) is 28.1. The number of anilines is 1. The predicted molar refractivity (Wildman–Crippen MR) is 288 cm³/mol. The maximum absolute atomic E-state index is 14.5. The highest BCUT2D eigenvalue weighted by atomic mass is 32.2. The summed E-state index contributed by atoms with van der Waals surface area (Å²) in [4.78, 5) is 47.6. The van der Waals surface area contributed by atoms with E-state index in [-0.39, 0.29) is 68.1 Å². The molecule has 15 nitrogen and oxygen atoms in total. The van der Waals surface area contributed by atoms with Gasteiger partial charge in [0, 0.05) is 32.5 Å². The van der Waals surface area contributed by atoms with Gasteiger partial charge in [0.25, 0.3) is 0 Å². The fraction of sp³-hybridized carbons (Fsp3) is 0.439. The summed E-state index contributed by atoms with van der Waals surface area (Å²) >= 11 is 1.58. The molecule has 2 bridgehead atoms. The molecular formula is C57H69N5O10S2. The van der Waals surface area contributed by atoms with Crippen molar-refractivity contribution in [2.75, 3.05) is 24.0 Å². The molecule has 6 atom stereocenters. The zero-order valence-corrected chi connectivity index (χ0v) is 44.5. The largest absolute Gasteiger partial charge is 0.508 e. The van der Waals surface area contributed by atoms with Crippen molar-refractivity contribution >= 4 is 55.9 Å². The van der Waals surface area contributed by atoms with Crippen molar-refractivity contribution in [3.8, 4) is 27.7 Å². The lowest BCUT2D eigenvalue weighted by molar-refractivity contribution is -0.144. The van der Waals surface area contributed by atoms with Crippen molar-refractivity contribution in [1.29, 1.82) is 0 Å². The number of likely N-dealkylation sites (tertiary alicyclic amines) is 1. The van der Waals surface area contributed by atoms with Gasteiger partial charge in [0.2, 0.25) is 27.7 Å². The van der Waals surface area contributed by atoms with Crippen LogP contribution in [-0.4, -0.2) is 107 Å². The van der Waals surface area contributed by atoms with Crippen LogP contribution in [0.1, 0.15) is 108 Å². The molecule has 4 aromatic carbocycles. The second-order valence-corrected chi connectivity index (χ2v) is 23.5. The lowest BCUT2D eigenvalue weighted by Gasteiger charge is -2.35. The summed E-state index contributed by atoms with van der Waals surface area (Å²) in [6.07, 6.45) is 3.77. The third-order valence-corrected chi connectivity index (χ3v) is 17.5.